The molecule has 0 aliphatic heterocycles. The molecule has 0 saturated heterocycles. The van der Waals surface area contributed by atoms with E-state index in [4.69, 9.17) is 4.74 Å². The molecule has 2 nitrogen and oxygen atoms in total. The van der Waals surface area contributed by atoms with Crippen LogP contribution < -0.4 is 4.74 Å². The maximum absolute atomic E-state index is 10.5. The Hall–Kier alpha value is -1.26. The van der Waals surface area contributed by atoms with Crippen LogP contribution in [0.4, 0.5) is 0 Å². The van der Waals surface area contributed by atoms with E-state index < -0.39 is 0 Å². The topological polar surface area (TPSA) is 26.3 Å². The van der Waals surface area contributed by atoms with Gasteiger partial charge in [-0.15, -0.1) is 0 Å². The van der Waals surface area contributed by atoms with Crippen molar-refractivity contribution in [2.45, 2.75) is 16.7 Å². The number of aryl methyl sites for hydroxylation is 1. The Labute approximate surface area is 118 Å². The maximum Gasteiger partial charge on any atom is 0.298 e. The smallest absolute Gasteiger partial charge is 0.298 e. The summed E-state index contributed by atoms with van der Waals surface area (Å²) in [6.07, 6.45) is 0. The van der Waals surface area contributed by atoms with Crippen LogP contribution in [0.5, 0.6) is 5.75 Å². The van der Waals surface area contributed by atoms with Crippen molar-refractivity contribution in [2.75, 3.05) is 0 Å². The molecular weight excluding hydrogens is 312 g/mol. The van der Waals surface area contributed by atoms with Crippen LogP contribution in [0.2, 0.25) is 0 Å². The Morgan fingerprint density at radius 3 is 2.56 bits per heavy atom. The number of ether oxygens (including phenoxy) is 1. The number of benzene rings is 2. The van der Waals surface area contributed by atoms with Crippen molar-refractivity contribution in [3.05, 3.63) is 52.5 Å². The molecule has 92 valence electrons. The number of hydrogen-bond donors (Lipinski definition) is 0. The van der Waals surface area contributed by atoms with E-state index in [9.17, 15) is 4.79 Å². The molecule has 2 aromatic carbocycles. The van der Waals surface area contributed by atoms with Crippen molar-refractivity contribution in [1.29, 1.82) is 0 Å². The highest BCUT2D eigenvalue weighted by molar-refractivity contribution is 9.10. The molecular formula is C14H11BrO2S. The standard InChI is InChI=1S/C14H11BrO2S/c1-10-2-7-13(17-9-16)14(8-10)18-12-5-3-11(15)4-6-12/h2-9H,1H3. The minimum absolute atomic E-state index is 0.455. The lowest BCUT2D eigenvalue weighted by molar-refractivity contribution is -0.120. The molecule has 0 heterocycles. The first-order chi connectivity index (χ1) is 8.69. The lowest BCUT2D eigenvalue weighted by Crippen LogP contribution is -1.91. The van der Waals surface area contributed by atoms with Crippen LogP contribution in [0, 0.1) is 6.92 Å². The Balaban J connectivity index is 2.29. The molecule has 0 aromatic heterocycles. The number of carbonyl (C=O) groups is 1. The molecule has 0 saturated carbocycles. The SMILES string of the molecule is Cc1ccc(OC=O)c(Sc2ccc(Br)cc2)c1. The van der Waals surface area contributed by atoms with Crippen molar-refractivity contribution in [1.82, 2.24) is 0 Å². The Kier molecular flexibility index (Phi) is 4.44. The summed E-state index contributed by atoms with van der Waals surface area (Å²) in [7, 11) is 0. The summed E-state index contributed by atoms with van der Waals surface area (Å²) in [5.74, 6) is 0.587. The summed E-state index contributed by atoms with van der Waals surface area (Å²) in [4.78, 5) is 12.5. The Bertz CT molecular complexity index is 552. The lowest BCUT2D eigenvalue weighted by atomic mass is 10.2. The third-order valence-electron chi connectivity index (χ3n) is 2.32. The number of hydrogen-bond acceptors (Lipinski definition) is 3. The van der Waals surface area contributed by atoms with Crippen molar-refractivity contribution in [3.63, 3.8) is 0 Å². The molecule has 4 heteroatoms. The van der Waals surface area contributed by atoms with Gasteiger partial charge in [0, 0.05) is 9.37 Å². The summed E-state index contributed by atoms with van der Waals surface area (Å²) in [5.41, 5.74) is 1.13. The van der Waals surface area contributed by atoms with Crippen LogP contribution in [0.25, 0.3) is 0 Å². The summed E-state index contributed by atoms with van der Waals surface area (Å²) in [6, 6.07) is 13.7. The quantitative estimate of drug-likeness (QED) is 0.778. The first-order valence-corrected chi connectivity index (χ1v) is 6.94. The summed E-state index contributed by atoms with van der Waals surface area (Å²) in [6.45, 7) is 2.46. The van der Waals surface area contributed by atoms with Gasteiger partial charge in [-0.25, -0.2) is 0 Å². The van der Waals surface area contributed by atoms with Gasteiger partial charge >= 0.3 is 0 Å². The van der Waals surface area contributed by atoms with Gasteiger partial charge in [-0.3, -0.25) is 4.79 Å². The minimum atomic E-state index is 0.455. The highest BCUT2D eigenvalue weighted by atomic mass is 79.9. The molecule has 0 spiro atoms. The van der Waals surface area contributed by atoms with E-state index in [1.807, 2.05) is 49.4 Å². The summed E-state index contributed by atoms with van der Waals surface area (Å²) >= 11 is 4.97. The van der Waals surface area contributed by atoms with E-state index >= 15 is 0 Å². The number of rotatable bonds is 4. The molecule has 0 N–H and O–H groups in total. The molecule has 18 heavy (non-hydrogen) atoms. The van der Waals surface area contributed by atoms with E-state index in [1.54, 1.807) is 11.8 Å². The second kappa shape index (κ2) is 6.07. The second-order valence-corrected chi connectivity index (χ2v) is 5.75. The monoisotopic (exact) mass is 322 g/mol. The van der Waals surface area contributed by atoms with Crippen molar-refractivity contribution in [3.8, 4) is 5.75 Å². The van der Waals surface area contributed by atoms with Gasteiger partial charge in [0.15, 0.2) is 0 Å². The van der Waals surface area contributed by atoms with Crippen molar-refractivity contribution in [2.24, 2.45) is 0 Å². The predicted octanol–water partition coefficient (Wildman–Crippen LogP) is 4.44. The fourth-order valence-corrected chi connectivity index (χ4v) is 2.73. The fraction of sp³-hybridized carbons (Fsp3) is 0.0714. The van der Waals surface area contributed by atoms with Crippen LogP contribution in [-0.4, -0.2) is 6.47 Å². The third-order valence-corrected chi connectivity index (χ3v) is 3.89. The average Bonchev–Trinajstić information content (AvgIpc) is 2.36. The van der Waals surface area contributed by atoms with Crippen molar-refractivity contribution < 1.29 is 9.53 Å². The molecule has 2 aromatic rings. The van der Waals surface area contributed by atoms with E-state index in [0.717, 1.165) is 19.8 Å². The molecule has 2 rings (SSSR count). The van der Waals surface area contributed by atoms with E-state index in [1.165, 1.54) is 0 Å². The zero-order valence-electron chi connectivity index (χ0n) is 9.72. The van der Waals surface area contributed by atoms with Gasteiger partial charge in [0.2, 0.25) is 0 Å². The highest BCUT2D eigenvalue weighted by Gasteiger charge is 2.06. The summed E-state index contributed by atoms with van der Waals surface area (Å²) in [5, 5.41) is 0. The van der Waals surface area contributed by atoms with Crippen LogP contribution in [-0.2, 0) is 4.79 Å². The predicted molar refractivity (Wildman–Crippen MR) is 76.1 cm³/mol. The molecule has 0 aliphatic rings. The molecule has 0 fully saturated rings. The Morgan fingerprint density at radius 2 is 1.89 bits per heavy atom. The third kappa shape index (κ3) is 3.37. The van der Waals surface area contributed by atoms with E-state index in [2.05, 4.69) is 15.9 Å². The zero-order valence-corrected chi connectivity index (χ0v) is 12.1. The highest BCUT2D eigenvalue weighted by Crippen LogP contribution is 2.35. The second-order valence-electron chi connectivity index (χ2n) is 3.72. The average molecular weight is 323 g/mol. The molecule has 0 unspecified atom stereocenters. The molecule has 0 amide bonds. The minimum Gasteiger partial charge on any atom is -0.428 e. The fourth-order valence-electron chi connectivity index (χ4n) is 1.47. The van der Waals surface area contributed by atoms with Gasteiger partial charge < -0.3 is 4.74 Å². The molecule has 0 atom stereocenters. The first kappa shape index (κ1) is 13.2. The number of carbonyl (C=O) groups excluding carboxylic acids is 1. The van der Waals surface area contributed by atoms with Gasteiger partial charge in [0.1, 0.15) is 5.75 Å². The van der Waals surface area contributed by atoms with Crippen LogP contribution >= 0.6 is 27.7 Å². The van der Waals surface area contributed by atoms with E-state index in [-0.39, 0.29) is 0 Å². The zero-order chi connectivity index (χ0) is 13.0. The van der Waals surface area contributed by atoms with Crippen molar-refractivity contribution >= 4 is 34.2 Å². The Morgan fingerprint density at radius 1 is 1.17 bits per heavy atom. The first-order valence-electron chi connectivity index (χ1n) is 5.33. The molecule has 0 aliphatic carbocycles. The largest absolute Gasteiger partial charge is 0.428 e. The van der Waals surface area contributed by atoms with E-state index in [0.29, 0.717) is 12.2 Å². The van der Waals surface area contributed by atoms with Gasteiger partial charge in [-0.1, -0.05) is 33.8 Å². The van der Waals surface area contributed by atoms with Gasteiger partial charge in [-0.05, 0) is 48.9 Å². The van der Waals surface area contributed by atoms with Gasteiger partial charge in [0.05, 0.1) is 4.90 Å². The van der Waals surface area contributed by atoms with Crippen LogP contribution in [0.1, 0.15) is 5.56 Å². The number of halogens is 1. The van der Waals surface area contributed by atoms with Crippen LogP contribution in [0.3, 0.4) is 0 Å². The van der Waals surface area contributed by atoms with Gasteiger partial charge in [-0.2, -0.15) is 0 Å². The van der Waals surface area contributed by atoms with Crippen LogP contribution in [0.15, 0.2) is 56.7 Å². The molecule has 0 radical (unpaired) electrons. The lowest BCUT2D eigenvalue weighted by Gasteiger charge is -2.08. The van der Waals surface area contributed by atoms with Gasteiger partial charge in [0.25, 0.3) is 6.47 Å². The summed E-state index contributed by atoms with van der Waals surface area (Å²) < 4.78 is 6.02. The maximum atomic E-state index is 10.5. The normalized spacial score (nSPS) is 10.1. The molecule has 0 bridgehead atoms.